The summed E-state index contributed by atoms with van der Waals surface area (Å²) in [4.78, 5) is 12.4. The van der Waals surface area contributed by atoms with Crippen molar-refractivity contribution in [1.29, 1.82) is 0 Å². The lowest BCUT2D eigenvalue weighted by atomic mass is 9.76. The number of benzene rings is 1. The number of hydrogen-bond acceptors (Lipinski definition) is 1. The highest BCUT2D eigenvalue weighted by Gasteiger charge is 2.38. The molecule has 0 aromatic heterocycles. The van der Waals surface area contributed by atoms with E-state index in [1.807, 2.05) is 24.3 Å². The van der Waals surface area contributed by atoms with Crippen molar-refractivity contribution in [2.45, 2.75) is 25.7 Å². The largest absolute Gasteiger partial charge is 0.294 e. The Labute approximate surface area is 119 Å². The summed E-state index contributed by atoms with van der Waals surface area (Å²) in [5.74, 6) is 0.650. The Morgan fingerprint density at radius 3 is 2.35 bits per heavy atom. The Bertz CT molecular complexity index is 638. The molecule has 1 nitrogen and oxygen atoms in total. The van der Waals surface area contributed by atoms with Crippen LogP contribution in [-0.2, 0) is 4.79 Å². The van der Waals surface area contributed by atoms with Crippen LogP contribution < -0.4 is 0 Å². The molecule has 0 amide bonds. The molecule has 0 heterocycles. The van der Waals surface area contributed by atoms with Crippen molar-refractivity contribution in [3.8, 4) is 0 Å². The van der Waals surface area contributed by atoms with Gasteiger partial charge in [-0.25, -0.2) is 0 Å². The molecule has 3 aliphatic carbocycles. The molecule has 2 unspecified atom stereocenters. The number of hydrogen-bond donors (Lipinski definition) is 0. The maximum Gasteiger partial charge on any atom is 0.166 e. The van der Waals surface area contributed by atoms with Crippen molar-refractivity contribution < 1.29 is 4.79 Å². The zero-order valence-electron chi connectivity index (χ0n) is 11.5. The number of ketones is 1. The lowest BCUT2D eigenvalue weighted by Crippen LogP contribution is -2.21. The second-order valence-corrected chi connectivity index (χ2v) is 5.97. The van der Waals surface area contributed by atoms with E-state index in [-0.39, 0.29) is 11.7 Å². The minimum absolute atomic E-state index is 0.0422. The summed E-state index contributed by atoms with van der Waals surface area (Å²) >= 11 is 0. The fourth-order valence-corrected chi connectivity index (χ4v) is 3.90. The van der Waals surface area contributed by atoms with E-state index in [9.17, 15) is 4.79 Å². The van der Waals surface area contributed by atoms with Gasteiger partial charge in [-0.05, 0) is 48.5 Å². The first kappa shape index (κ1) is 11.9. The molecule has 1 saturated carbocycles. The second kappa shape index (κ2) is 4.59. The Balaban J connectivity index is 1.84. The lowest BCUT2D eigenvalue weighted by Gasteiger charge is -2.26. The first-order valence-electron chi connectivity index (χ1n) is 7.55. The van der Waals surface area contributed by atoms with Crippen LogP contribution >= 0.6 is 0 Å². The molecule has 4 rings (SSSR count). The maximum atomic E-state index is 12.4. The van der Waals surface area contributed by atoms with Crippen LogP contribution in [0.5, 0.6) is 0 Å². The summed E-state index contributed by atoms with van der Waals surface area (Å²) in [5.41, 5.74) is 5.34. The van der Waals surface area contributed by atoms with E-state index in [1.165, 1.54) is 42.4 Å². The summed E-state index contributed by atoms with van der Waals surface area (Å²) in [6, 6.07) is 10.4. The van der Waals surface area contributed by atoms with Crippen molar-refractivity contribution in [3.05, 3.63) is 65.3 Å². The van der Waals surface area contributed by atoms with E-state index in [2.05, 4.69) is 24.3 Å². The predicted molar refractivity (Wildman–Crippen MR) is 81.0 cm³/mol. The third kappa shape index (κ3) is 1.73. The van der Waals surface area contributed by atoms with Crippen LogP contribution in [-0.4, -0.2) is 5.78 Å². The number of allylic oxidation sites excluding steroid dienone is 6. The Hall–Kier alpha value is -1.89. The summed E-state index contributed by atoms with van der Waals surface area (Å²) in [5, 5.41) is 0. The third-order valence-corrected chi connectivity index (χ3v) is 4.83. The molecular weight excluding hydrogens is 244 g/mol. The Morgan fingerprint density at radius 2 is 1.60 bits per heavy atom. The average molecular weight is 262 g/mol. The second-order valence-electron chi connectivity index (χ2n) is 5.97. The van der Waals surface area contributed by atoms with Crippen LogP contribution in [0.25, 0.3) is 5.57 Å². The molecule has 0 aliphatic heterocycles. The van der Waals surface area contributed by atoms with E-state index < -0.39 is 0 Å². The molecule has 3 aliphatic rings. The summed E-state index contributed by atoms with van der Waals surface area (Å²) in [7, 11) is 0. The van der Waals surface area contributed by atoms with Crippen molar-refractivity contribution >= 4 is 11.4 Å². The molecule has 0 N–H and O–H groups in total. The smallest absolute Gasteiger partial charge is 0.166 e. The summed E-state index contributed by atoms with van der Waals surface area (Å²) in [6.45, 7) is 0. The molecule has 0 saturated heterocycles. The van der Waals surface area contributed by atoms with Gasteiger partial charge in [-0.2, -0.15) is 0 Å². The molecule has 2 atom stereocenters. The predicted octanol–water partition coefficient (Wildman–Crippen LogP) is 4.33. The molecule has 1 aromatic carbocycles. The maximum absolute atomic E-state index is 12.4. The topological polar surface area (TPSA) is 17.1 Å². The molecule has 1 aromatic rings. The number of carbonyl (C=O) groups excluding carboxylic acids is 1. The average Bonchev–Trinajstić information content (AvgIpc) is 3.11. The molecule has 2 bridgehead atoms. The number of rotatable bonds is 1. The summed E-state index contributed by atoms with van der Waals surface area (Å²) < 4.78 is 0. The van der Waals surface area contributed by atoms with Gasteiger partial charge in [0.05, 0.1) is 5.92 Å². The fraction of sp³-hybridized carbons (Fsp3) is 0.316. The molecule has 0 radical (unpaired) electrons. The molecular formula is C19H18O. The molecule has 100 valence electrons. The molecule has 20 heavy (non-hydrogen) atoms. The molecule has 1 heteroatoms. The van der Waals surface area contributed by atoms with Crippen LogP contribution in [0, 0.1) is 11.8 Å². The zero-order valence-corrected chi connectivity index (χ0v) is 11.5. The third-order valence-electron chi connectivity index (χ3n) is 4.83. The van der Waals surface area contributed by atoms with Crippen LogP contribution in [0.3, 0.4) is 0 Å². The van der Waals surface area contributed by atoms with Crippen molar-refractivity contribution in [2.24, 2.45) is 11.8 Å². The van der Waals surface area contributed by atoms with Gasteiger partial charge in [-0.3, -0.25) is 4.79 Å². The Kier molecular flexibility index (Phi) is 2.73. The highest BCUT2D eigenvalue weighted by Crippen LogP contribution is 2.47. The first-order valence-corrected chi connectivity index (χ1v) is 7.55. The van der Waals surface area contributed by atoms with Gasteiger partial charge in [-0.15, -0.1) is 0 Å². The lowest BCUT2D eigenvalue weighted by molar-refractivity contribution is -0.116. The minimum Gasteiger partial charge on any atom is -0.294 e. The van der Waals surface area contributed by atoms with Crippen LogP contribution in [0.15, 0.2) is 59.7 Å². The number of fused-ring (bicyclic) bond motifs is 2. The van der Waals surface area contributed by atoms with Crippen LogP contribution in [0.2, 0.25) is 0 Å². The standard InChI is InChI=1S/C19H18O/c20-18-12-17(13-6-2-1-3-7-13)15-10-11-16(18)19(15)14-8-4-5-9-14/h1-3,6-7,10-12,15-16H,4-5,8-9H2. The van der Waals surface area contributed by atoms with Gasteiger partial charge in [0.25, 0.3) is 0 Å². The minimum atomic E-state index is 0.0422. The highest BCUT2D eigenvalue weighted by atomic mass is 16.1. The van der Waals surface area contributed by atoms with Crippen molar-refractivity contribution in [1.82, 2.24) is 0 Å². The zero-order chi connectivity index (χ0) is 13.5. The normalized spacial score (nSPS) is 28.2. The monoisotopic (exact) mass is 262 g/mol. The van der Waals surface area contributed by atoms with Crippen molar-refractivity contribution in [3.63, 3.8) is 0 Å². The van der Waals surface area contributed by atoms with Gasteiger partial charge in [0.1, 0.15) is 0 Å². The Morgan fingerprint density at radius 1 is 0.900 bits per heavy atom. The van der Waals surface area contributed by atoms with Gasteiger partial charge in [0.15, 0.2) is 5.78 Å². The molecule has 0 spiro atoms. The van der Waals surface area contributed by atoms with Gasteiger partial charge in [0, 0.05) is 5.92 Å². The summed E-state index contributed by atoms with van der Waals surface area (Å²) in [6.07, 6.45) is 11.2. The highest BCUT2D eigenvalue weighted by molar-refractivity contribution is 6.06. The quantitative estimate of drug-likeness (QED) is 0.689. The van der Waals surface area contributed by atoms with E-state index in [4.69, 9.17) is 0 Å². The number of carbonyl (C=O) groups is 1. The van der Waals surface area contributed by atoms with Crippen molar-refractivity contribution in [2.75, 3.05) is 0 Å². The molecule has 1 fully saturated rings. The SMILES string of the molecule is O=C1C=C(c2ccccc2)C2C=CC1C2=C1CCCC1. The first-order chi connectivity index (χ1) is 9.84. The fourth-order valence-electron chi connectivity index (χ4n) is 3.90. The van der Waals surface area contributed by atoms with E-state index >= 15 is 0 Å². The van der Waals surface area contributed by atoms with Crippen LogP contribution in [0.4, 0.5) is 0 Å². The van der Waals surface area contributed by atoms with Gasteiger partial charge in [-0.1, -0.05) is 48.1 Å². The van der Waals surface area contributed by atoms with E-state index in [0.29, 0.717) is 5.92 Å². The van der Waals surface area contributed by atoms with Gasteiger partial charge in [0.2, 0.25) is 0 Å². The van der Waals surface area contributed by atoms with Gasteiger partial charge >= 0.3 is 0 Å². The van der Waals surface area contributed by atoms with E-state index in [1.54, 1.807) is 5.57 Å². The van der Waals surface area contributed by atoms with Crippen LogP contribution in [0.1, 0.15) is 31.2 Å². The van der Waals surface area contributed by atoms with E-state index in [0.717, 1.165) is 0 Å². The van der Waals surface area contributed by atoms with Gasteiger partial charge < -0.3 is 0 Å².